The summed E-state index contributed by atoms with van der Waals surface area (Å²) in [5, 5.41) is 11.8. The Labute approximate surface area is 160 Å². The van der Waals surface area contributed by atoms with E-state index in [-0.39, 0.29) is 21.7 Å². The molecule has 3 N–H and O–H groups in total. The largest absolute Gasteiger partial charge is 0.306 e. The van der Waals surface area contributed by atoms with Crippen molar-refractivity contribution in [1.29, 1.82) is 5.26 Å². The van der Waals surface area contributed by atoms with E-state index in [1.807, 2.05) is 10.9 Å². The van der Waals surface area contributed by atoms with Crippen molar-refractivity contribution in [3.63, 3.8) is 0 Å². The lowest BCUT2D eigenvalue weighted by Gasteiger charge is -2.12. The van der Waals surface area contributed by atoms with Crippen LogP contribution in [-0.2, 0) is 10.0 Å². The van der Waals surface area contributed by atoms with Gasteiger partial charge in [-0.2, -0.15) is 5.26 Å². The first-order chi connectivity index (χ1) is 12.3. The molecule has 26 heavy (non-hydrogen) atoms. The van der Waals surface area contributed by atoms with Gasteiger partial charge in [-0.05, 0) is 48.5 Å². The summed E-state index contributed by atoms with van der Waals surface area (Å²) < 4.78 is 23.3. The highest BCUT2D eigenvalue weighted by molar-refractivity contribution is 7.89. The molecule has 0 atom stereocenters. The molecule has 0 saturated heterocycles. The van der Waals surface area contributed by atoms with Crippen LogP contribution in [0.1, 0.15) is 15.9 Å². The molecule has 0 spiro atoms. The number of benzene rings is 1. The van der Waals surface area contributed by atoms with E-state index in [4.69, 9.17) is 28.5 Å². The van der Waals surface area contributed by atoms with Gasteiger partial charge in [-0.15, -0.1) is 4.83 Å². The molecular formula is C15H13Cl2N5O3S. The van der Waals surface area contributed by atoms with E-state index in [9.17, 15) is 13.2 Å². The van der Waals surface area contributed by atoms with E-state index >= 15 is 0 Å². The van der Waals surface area contributed by atoms with Gasteiger partial charge in [0.1, 0.15) is 16.2 Å². The summed E-state index contributed by atoms with van der Waals surface area (Å²) in [5.74, 6) is -1.09. The molecule has 11 heteroatoms. The Morgan fingerprint density at radius 3 is 2.46 bits per heavy atom. The van der Waals surface area contributed by atoms with Gasteiger partial charge in [0.15, 0.2) is 0 Å². The molecule has 0 aliphatic carbocycles. The zero-order chi connectivity index (χ0) is 19.3. The SMILES string of the molecule is CNCS(=O)(=O)NNC(=O)c1ccc(C#N)cc1-c1cc(Cl)nc(Cl)c1. The highest BCUT2D eigenvalue weighted by Gasteiger charge is 2.17. The van der Waals surface area contributed by atoms with Gasteiger partial charge in [0.25, 0.3) is 5.91 Å². The molecule has 0 unspecified atom stereocenters. The van der Waals surface area contributed by atoms with Crippen LogP contribution in [0.4, 0.5) is 0 Å². The van der Waals surface area contributed by atoms with Crippen molar-refractivity contribution in [2.75, 3.05) is 12.9 Å². The van der Waals surface area contributed by atoms with Gasteiger partial charge in [-0.25, -0.2) is 13.4 Å². The topological polar surface area (TPSA) is 124 Å². The smallest absolute Gasteiger partial charge is 0.266 e. The van der Waals surface area contributed by atoms with Gasteiger partial charge < -0.3 is 5.32 Å². The van der Waals surface area contributed by atoms with Gasteiger partial charge in [0.2, 0.25) is 10.0 Å². The number of carbonyl (C=O) groups is 1. The number of sulfonamides is 1. The molecule has 136 valence electrons. The van der Waals surface area contributed by atoms with Crippen molar-refractivity contribution in [2.45, 2.75) is 0 Å². The van der Waals surface area contributed by atoms with Crippen molar-refractivity contribution in [2.24, 2.45) is 0 Å². The minimum atomic E-state index is -3.74. The fourth-order valence-corrected chi connectivity index (χ4v) is 3.25. The van der Waals surface area contributed by atoms with Gasteiger partial charge in [-0.3, -0.25) is 10.2 Å². The van der Waals surface area contributed by atoms with Crippen molar-refractivity contribution in [1.82, 2.24) is 20.6 Å². The van der Waals surface area contributed by atoms with Crippen molar-refractivity contribution in [3.8, 4) is 17.2 Å². The third-order valence-corrected chi connectivity index (χ3v) is 4.59. The molecule has 0 saturated carbocycles. The second-order valence-electron chi connectivity index (χ2n) is 5.04. The number of hydrogen-bond donors (Lipinski definition) is 3. The average molecular weight is 414 g/mol. The number of halogens is 2. The summed E-state index contributed by atoms with van der Waals surface area (Å²) in [6.07, 6.45) is 0. The molecular weight excluding hydrogens is 401 g/mol. The zero-order valence-electron chi connectivity index (χ0n) is 13.4. The number of nitriles is 1. The lowest BCUT2D eigenvalue weighted by molar-refractivity contribution is 0.0945. The average Bonchev–Trinajstić information content (AvgIpc) is 2.58. The van der Waals surface area contributed by atoms with Crippen LogP contribution in [0.15, 0.2) is 30.3 Å². The Hall–Kier alpha value is -2.22. The fraction of sp³-hybridized carbons (Fsp3) is 0.133. The van der Waals surface area contributed by atoms with E-state index in [2.05, 4.69) is 15.7 Å². The first-order valence-electron chi connectivity index (χ1n) is 7.08. The van der Waals surface area contributed by atoms with Crippen molar-refractivity contribution >= 4 is 39.1 Å². The second-order valence-corrected chi connectivity index (χ2v) is 7.54. The highest BCUT2D eigenvalue weighted by atomic mass is 35.5. The summed E-state index contributed by atoms with van der Waals surface area (Å²) in [6, 6.07) is 9.24. The van der Waals surface area contributed by atoms with Crippen LogP contribution in [0.2, 0.25) is 10.3 Å². The van der Waals surface area contributed by atoms with Gasteiger partial charge in [0.05, 0.1) is 11.6 Å². The normalized spacial score (nSPS) is 11.0. The molecule has 2 aromatic rings. The Morgan fingerprint density at radius 2 is 1.88 bits per heavy atom. The third kappa shape index (κ3) is 5.14. The number of rotatable bonds is 6. The maximum atomic E-state index is 12.4. The van der Waals surface area contributed by atoms with Gasteiger partial charge >= 0.3 is 0 Å². The zero-order valence-corrected chi connectivity index (χ0v) is 15.7. The minimum Gasteiger partial charge on any atom is -0.306 e. The summed E-state index contributed by atoms with van der Waals surface area (Å²) in [6.45, 7) is 0. The van der Waals surface area contributed by atoms with Crippen LogP contribution in [0.5, 0.6) is 0 Å². The number of hydrazine groups is 1. The number of amides is 1. The third-order valence-electron chi connectivity index (χ3n) is 3.12. The van der Waals surface area contributed by atoms with E-state index in [1.54, 1.807) is 0 Å². The summed E-state index contributed by atoms with van der Waals surface area (Å²) >= 11 is 11.8. The summed E-state index contributed by atoms with van der Waals surface area (Å²) in [4.78, 5) is 18.2. The lowest BCUT2D eigenvalue weighted by Crippen LogP contribution is -2.44. The first kappa shape index (κ1) is 20.1. The monoisotopic (exact) mass is 413 g/mol. The molecule has 0 fully saturated rings. The molecule has 1 heterocycles. The van der Waals surface area contributed by atoms with E-state index < -0.39 is 15.9 Å². The number of nitrogens with zero attached hydrogens (tertiary/aromatic N) is 2. The molecule has 8 nitrogen and oxygen atoms in total. The Kier molecular flexibility index (Phi) is 6.52. The quantitative estimate of drug-likeness (QED) is 0.488. The fourth-order valence-electron chi connectivity index (χ4n) is 2.09. The van der Waals surface area contributed by atoms with E-state index in [0.29, 0.717) is 16.7 Å². The molecule has 0 aliphatic heterocycles. The summed E-state index contributed by atoms with van der Waals surface area (Å²) in [5.41, 5.74) is 3.34. The standard InChI is InChI=1S/C15H13Cl2N5O3S/c1-19-8-26(24,25)22-21-15(23)11-3-2-9(7-18)4-12(11)10-5-13(16)20-14(17)6-10/h2-6,19,22H,8H2,1H3,(H,21,23). The number of pyridine rings is 1. The minimum absolute atomic E-state index is 0.107. The molecule has 1 aromatic heterocycles. The predicted octanol–water partition coefficient (Wildman–Crippen LogP) is 1.67. The maximum absolute atomic E-state index is 12.4. The van der Waals surface area contributed by atoms with Crippen molar-refractivity contribution in [3.05, 3.63) is 51.8 Å². The Morgan fingerprint density at radius 1 is 1.23 bits per heavy atom. The Balaban J connectivity index is 2.43. The van der Waals surface area contributed by atoms with Gasteiger partial charge in [0, 0.05) is 5.56 Å². The first-order valence-corrected chi connectivity index (χ1v) is 9.48. The number of hydrogen-bond acceptors (Lipinski definition) is 6. The molecule has 0 aliphatic rings. The predicted molar refractivity (Wildman–Crippen MR) is 97.9 cm³/mol. The molecule has 1 amide bonds. The molecule has 2 rings (SSSR count). The molecule has 1 aromatic carbocycles. The van der Waals surface area contributed by atoms with Crippen LogP contribution in [0, 0.1) is 11.3 Å². The Bertz CT molecular complexity index is 969. The van der Waals surface area contributed by atoms with Gasteiger partial charge in [-0.1, -0.05) is 23.2 Å². The number of nitrogens with one attached hydrogen (secondary N) is 3. The van der Waals surface area contributed by atoms with E-state index in [1.165, 1.54) is 37.4 Å². The van der Waals surface area contributed by atoms with Crippen LogP contribution in [-0.4, -0.2) is 32.2 Å². The second kappa shape index (κ2) is 8.44. The van der Waals surface area contributed by atoms with Crippen molar-refractivity contribution < 1.29 is 13.2 Å². The number of aromatic nitrogens is 1. The highest BCUT2D eigenvalue weighted by Crippen LogP contribution is 2.28. The summed E-state index contributed by atoms with van der Waals surface area (Å²) in [7, 11) is -2.28. The lowest BCUT2D eigenvalue weighted by atomic mass is 9.98. The van der Waals surface area contributed by atoms with Crippen LogP contribution < -0.4 is 15.6 Å². The van der Waals surface area contributed by atoms with Crippen LogP contribution in [0.3, 0.4) is 0 Å². The number of carbonyl (C=O) groups excluding carboxylic acids is 1. The molecule has 0 bridgehead atoms. The molecule has 0 radical (unpaired) electrons. The van der Waals surface area contributed by atoms with Crippen LogP contribution in [0.25, 0.3) is 11.1 Å². The van der Waals surface area contributed by atoms with E-state index in [0.717, 1.165) is 0 Å². The maximum Gasteiger partial charge on any atom is 0.266 e. The van der Waals surface area contributed by atoms with Crippen LogP contribution >= 0.6 is 23.2 Å².